The highest BCUT2D eigenvalue weighted by molar-refractivity contribution is 6.50. The summed E-state index contributed by atoms with van der Waals surface area (Å²) in [6, 6.07) is 0. The first-order valence-corrected chi connectivity index (χ1v) is 2.42. The first kappa shape index (κ1) is 9.25. The molecule has 0 atom stereocenters. The quantitative estimate of drug-likeness (QED) is 0.224. The molecule has 0 aromatic rings. The van der Waals surface area contributed by atoms with E-state index in [4.69, 9.17) is 0 Å². The highest BCUT2D eigenvalue weighted by atomic mass is 19.5. The number of rotatable bonds is 0. The summed E-state index contributed by atoms with van der Waals surface area (Å²) in [6.45, 7) is 2.81. The Morgan fingerprint density at radius 1 is 1.30 bits per heavy atom. The molecule has 0 aromatic heterocycles. The maximum Gasteiger partial charge on any atom is 0.673 e. The molecular weight excluding hydrogens is 155 g/mol. The van der Waals surface area contributed by atoms with Crippen LogP contribution in [0.3, 0.4) is 0 Å². The van der Waals surface area contributed by atoms with E-state index in [1.807, 2.05) is 0 Å². The van der Waals surface area contributed by atoms with Gasteiger partial charge in [0.15, 0.2) is 0 Å². The van der Waals surface area contributed by atoms with E-state index in [0.29, 0.717) is 0 Å². The monoisotopic (exact) mass is 160 g/mol. The third kappa shape index (κ3) is 15.7. The molecule has 0 N–H and O–H groups in total. The van der Waals surface area contributed by atoms with Gasteiger partial charge < -0.3 is 26.4 Å². The predicted octanol–water partition coefficient (Wildman–Crippen LogP) is 1.01. The molecule has 0 aliphatic carbocycles. The minimum atomic E-state index is -6.00. The van der Waals surface area contributed by atoms with Crippen molar-refractivity contribution in [2.45, 2.75) is 0 Å². The third-order valence-corrected chi connectivity index (χ3v) is 0.455. The molecule has 0 radical (unpaired) electrons. The van der Waals surface area contributed by atoms with Gasteiger partial charge in [-0.25, -0.2) is 0 Å². The lowest BCUT2D eigenvalue weighted by atomic mass is 10.3. The molecule has 0 amide bonds. The average Bonchev–Trinajstić information content (AvgIpc) is 2.07. The Bertz CT molecular complexity index is 99.6. The van der Waals surface area contributed by atoms with Gasteiger partial charge in [-0.15, -0.1) is 0 Å². The molecule has 0 saturated heterocycles. The van der Waals surface area contributed by atoms with Gasteiger partial charge in [0.2, 0.25) is 13.2 Å². The molecule has 60 valence electrons. The number of hydrogen-bond donors (Lipinski definition) is 0. The van der Waals surface area contributed by atoms with Crippen LogP contribution in [0.5, 0.6) is 0 Å². The summed E-state index contributed by atoms with van der Waals surface area (Å²) >= 11 is 0. The van der Waals surface area contributed by atoms with Crippen molar-refractivity contribution in [1.29, 1.82) is 0 Å². The maximum atomic E-state index is 9.75. The van der Waals surface area contributed by atoms with Crippen molar-refractivity contribution in [3.05, 3.63) is 0 Å². The second-order valence-electron chi connectivity index (χ2n) is 1.33. The summed E-state index contributed by atoms with van der Waals surface area (Å²) in [5.74, 6) is 0. The number of hydrogen-bond acceptors (Lipinski definition) is 1. The number of cyclic esters (lactones) is 1. The molecule has 1 aliphatic rings. The van der Waals surface area contributed by atoms with Gasteiger partial charge in [-0.1, -0.05) is 0 Å². The van der Waals surface area contributed by atoms with Gasteiger partial charge in [0.05, 0.1) is 0 Å². The first-order chi connectivity index (χ1) is 4.50. The van der Waals surface area contributed by atoms with E-state index in [9.17, 15) is 17.3 Å². The highest BCUT2D eigenvalue weighted by Gasteiger charge is 2.20. The number of carbonyl (C=O) groups excluding carboxylic acids is 1. The van der Waals surface area contributed by atoms with E-state index < -0.39 is 7.25 Å². The predicted molar refractivity (Wildman–Crippen MR) is 27.1 cm³/mol. The summed E-state index contributed by atoms with van der Waals surface area (Å²) in [5.41, 5.74) is 0. The molecule has 1 rings (SSSR count). The minimum Gasteiger partial charge on any atom is -0.418 e. The lowest BCUT2D eigenvalue weighted by molar-refractivity contribution is -0.439. The highest BCUT2D eigenvalue weighted by Crippen LogP contribution is 2.06. The van der Waals surface area contributed by atoms with Crippen LogP contribution in [-0.4, -0.2) is 26.9 Å². The van der Waals surface area contributed by atoms with Crippen LogP contribution in [0, 0.1) is 0 Å². The van der Waals surface area contributed by atoms with Crippen LogP contribution in [0.15, 0.2) is 0 Å². The fourth-order valence-electron chi connectivity index (χ4n) is 0.241. The summed E-state index contributed by atoms with van der Waals surface area (Å²) in [5, 5.41) is 0. The summed E-state index contributed by atoms with van der Waals surface area (Å²) in [6.07, 6.45) is 0. The second-order valence-corrected chi connectivity index (χ2v) is 1.33. The molecule has 10 heavy (non-hydrogen) atoms. The van der Waals surface area contributed by atoms with Crippen LogP contribution in [0.25, 0.3) is 0 Å². The minimum absolute atomic E-state index is 0.722. The molecule has 1 aliphatic heterocycles. The van der Waals surface area contributed by atoms with Gasteiger partial charge in [0.1, 0.15) is 0 Å². The van der Waals surface area contributed by atoms with Crippen LogP contribution in [-0.2, 0) is 9.16 Å². The zero-order valence-corrected chi connectivity index (χ0v) is 4.90. The molecule has 0 unspecified atom stereocenters. The number of halogens is 4. The Kier molecular flexibility index (Phi) is 3.82. The van der Waals surface area contributed by atoms with E-state index in [1.165, 1.54) is 6.47 Å². The standard InChI is InChI=1S/C3H5O2.BF4/c1-2-5-3-4-1;2-1(3,4)5/h3H,1-2H2;/q+1;-1. The van der Waals surface area contributed by atoms with Crippen molar-refractivity contribution in [3.63, 3.8) is 0 Å². The van der Waals surface area contributed by atoms with Gasteiger partial charge in [0.25, 0.3) is 0 Å². The second kappa shape index (κ2) is 4.13. The van der Waals surface area contributed by atoms with E-state index in [-0.39, 0.29) is 0 Å². The molecule has 7 heteroatoms. The third-order valence-electron chi connectivity index (χ3n) is 0.455. The fraction of sp³-hybridized carbons (Fsp3) is 0.667. The fourth-order valence-corrected chi connectivity index (χ4v) is 0.241. The van der Waals surface area contributed by atoms with Crippen LogP contribution in [0.4, 0.5) is 17.3 Å². The molecule has 0 aromatic carbocycles. The van der Waals surface area contributed by atoms with E-state index in [0.717, 1.165) is 13.2 Å². The van der Waals surface area contributed by atoms with Crippen LogP contribution >= 0.6 is 0 Å². The van der Waals surface area contributed by atoms with Crippen molar-refractivity contribution in [2.75, 3.05) is 13.2 Å². The topological polar surface area (TPSA) is 20.5 Å². The lowest BCUT2D eigenvalue weighted by Crippen LogP contribution is -2.02. The molecule has 0 fully saturated rings. The Morgan fingerprint density at radius 2 is 1.80 bits per heavy atom. The van der Waals surface area contributed by atoms with Crippen molar-refractivity contribution in [1.82, 2.24) is 0 Å². The summed E-state index contributed by atoms with van der Waals surface area (Å²) in [4.78, 5) is 0. The molecule has 0 saturated carbocycles. The van der Waals surface area contributed by atoms with Crippen molar-refractivity contribution >= 4 is 13.7 Å². The van der Waals surface area contributed by atoms with Crippen molar-refractivity contribution in [2.24, 2.45) is 0 Å². The van der Waals surface area contributed by atoms with Crippen LogP contribution < -0.4 is 0 Å². The Balaban J connectivity index is 0.000000162. The SMILES string of the molecule is C1=[O+]CCO1.F[B-](F)(F)F. The molecule has 2 nitrogen and oxygen atoms in total. The summed E-state index contributed by atoms with van der Waals surface area (Å²) < 4.78 is 48.2. The average molecular weight is 160 g/mol. The van der Waals surface area contributed by atoms with Crippen LogP contribution in [0.1, 0.15) is 0 Å². The van der Waals surface area contributed by atoms with E-state index in [2.05, 4.69) is 9.16 Å². The normalized spacial score (nSPS) is 15.6. The van der Waals surface area contributed by atoms with Gasteiger partial charge >= 0.3 is 13.7 Å². The van der Waals surface area contributed by atoms with Crippen molar-refractivity contribution in [3.8, 4) is 0 Å². The molecule has 0 bridgehead atoms. The zero-order chi connectivity index (χ0) is 8.04. The Hall–Kier alpha value is -0.745. The zero-order valence-electron chi connectivity index (χ0n) is 4.90. The van der Waals surface area contributed by atoms with Crippen molar-refractivity contribution < 1.29 is 26.4 Å². The van der Waals surface area contributed by atoms with Gasteiger partial charge in [-0.2, -0.15) is 0 Å². The molecule has 1 heterocycles. The Morgan fingerprint density at radius 3 is 1.90 bits per heavy atom. The van der Waals surface area contributed by atoms with Gasteiger partial charge in [-0.3, -0.25) is 0 Å². The maximum absolute atomic E-state index is 9.75. The smallest absolute Gasteiger partial charge is 0.418 e. The van der Waals surface area contributed by atoms with Crippen LogP contribution in [0.2, 0.25) is 0 Å². The largest absolute Gasteiger partial charge is 0.673 e. The van der Waals surface area contributed by atoms with Gasteiger partial charge in [0, 0.05) is 0 Å². The Labute approximate surface area is 54.6 Å². The first-order valence-electron chi connectivity index (χ1n) is 2.42. The molecule has 0 spiro atoms. The molecular formula is C3H5BF4O2. The summed E-state index contributed by atoms with van der Waals surface area (Å²) in [7, 11) is -6.00. The number of ether oxygens (including phenoxy) is 1. The lowest BCUT2D eigenvalue weighted by Gasteiger charge is -1.94. The van der Waals surface area contributed by atoms with E-state index >= 15 is 0 Å². The van der Waals surface area contributed by atoms with E-state index in [1.54, 1.807) is 0 Å². The van der Waals surface area contributed by atoms with Gasteiger partial charge in [-0.05, 0) is 0 Å².